The third-order valence-corrected chi connectivity index (χ3v) is 3.15. The topological polar surface area (TPSA) is 84.2 Å². The molecule has 0 fully saturated rings. The number of nitrogens with one attached hydrogen (secondary N) is 2. The molecule has 0 saturated carbocycles. The molecule has 0 saturated heterocycles. The van der Waals surface area contributed by atoms with E-state index < -0.39 is 6.04 Å². The van der Waals surface area contributed by atoms with E-state index in [-0.39, 0.29) is 17.7 Å². The van der Waals surface area contributed by atoms with Crippen LogP contribution in [0.25, 0.3) is 0 Å². The van der Waals surface area contributed by atoms with Crippen molar-refractivity contribution in [3.05, 3.63) is 35.4 Å². The van der Waals surface area contributed by atoms with Crippen LogP contribution in [0, 0.1) is 5.92 Å². The highest BCUT2D eigenvalue weighted by Crippen LogP contribution is 2.06. The van der Waals surface area contributed by atoms with Crippen LogP contribution in [0.5, 0.6) is 0 Å². The van der Waals surface area contributed by atoms with Crippen LogP contribution in [0.1, 0.15) is 29.8 Å². The van der Waals surface area contributed by atoms with Crippen LogP contribution in [-0.2, 0) is 11.2 Å². The number of hydrogen-bond donors (Lipinski definition) is 3. The molecule has 1 aromatic carbocycles. The van der Waals surface area contributed by atoms with E-state index in [2.05, 4.69) is 10.6 Å². The fourth-order valence-corrected chi connectivity index (χ4v) is 1.76. The van der Waals surface area contributed by atoms with E-state index in [9.17, 15) is 9.59 Å². The molecule has 1 atom stereocenters. The summed E-state index contributed by atoms with van der Waals surface area (Å²) in [6.45, 7) is 4.34. The van der Waals surface area contributed by atoms with E-state index in [1.54, 1.807) is 13.1 Å². The largest absolute Gasteiger partial charge is 0.355 e. The zero-order chi connectivity index (χ0) is 15.1. The van der Waals surface area contributed by atoms with Crippen LogP contribution in [0.2, 0.25) is 0 Å². The molecule has 2 amide bonds. The van der Waals surface area contributed by atoms with Gasteiger partial charge in [0.15, 0.2) is 0 Å². The molecule has 0 spiro atoms. The molecule has 5 heteroatoms. The zero-order valence-corrected chi connectivity index (χ0v) is 12.3. The van der Waals surface area contributed by atoms with Crippen LogP contribution >= 0.6 is 0 Å². The summed E-state index contributed by atoms with van der Waals surface area (Å²) in [7, 11) is 1.60. The zero-order valence-electron chi connectivity index (χ0n) is 12.3. The molecule has 0 radical (unpaired) electrons. The Morgan fingerprint density at radius 3 is 2.60 bits per heavy atom. The predicted octanol–water partition coefficient (Wildman–Crippen LogP) is 0.688. The minimum absolute atomic E-state index is 0.113. The summed E-state index contributed by atoms with van der Waals surface area (Å²) in [5.41, 5.74) is 7.38. The second-order valence-electron chi connectivity index (χ2n) is 5.09. The molecule has 110 valence electrons. The number of benzene rings is 1. The Balaban J connectivity index is 2.50. The summed E-state index contributed by atoms with van der Waals surface area (Å²) in [5, 5.41) is 5.40. The Morgan fingerprint density at radius 1 is 1.30 bits per heavy atom. The van der Waals surface area contributed by atoms with Crippen molar-refractivity contribution in [2.75, 3.05) is 13.6 Å². The second-order valence-corrected chi connectivity index (χ2v) is 5.09. The van der Waals surface area contributed by atoms with Crippen LogP contribution in [0.3, 0.4) is 0 Å². The van der Waals surface area contributed by atoms with Gasteiger partial charge in [0.05, 0.1) is 6.04 Å². The maximum atomic E-state index is 11.7. The van der Waals surface area contributed by atoms with Gasteiger partial charge in [0, 0.05) is 19.2 Å². The lowest BCUT2D eigenvalue weighted by Crippen LogP contribution is -2.44. The summed E-state index contributed by atoms with van der Waals surface area (Å²) in [5.74, 6) is -0.133. The van der Waals surface area contributed by atoms with Gasteiger partial charge in [0.1, 0.15) is 0 Å². The highest BCUT2D eigenvalue weighted by Gasteiger charge is 2.16. The van der Waals surface area contributed by atoms with Crippen molar-refractivity contribution in [3.63, 3.8) is 0 Å². The summed E-state index contributed by atoms with van der Waals surface area (Å²) < 4.78 is 0. The molecule has 0 bridgehead atoms. The summed E-state index contributed by atoms with van der Waals surface area (Å²) in [6.07, 6.45) is 0.668. The molecule has 1 aromatic rings. The lowest BCUT2D eigenvalue weighted by Gasteiger charge is -2.15. The lowest BCUT2D eigenvalue weighted by atomic mass is 10.0. The minimum atomic E-state index is -0.479. The van der Waals surface area contributed by atoms with Gasteiger partial charge in [-0.05, 0) is 30.0 Å². The first-order valence-electron chi connectivity index (χ1n) is 6.80. The van der Waals surface area contributed by atoms with Crippen molar-refractivity contribution < 1.29 is 9.59 Å². The maximum absolute atomic E-state index is 11.7. The molecule has 0 aliphatic carbocycles. The van der Waals surface area contributed by atoms with E-state index >= 15 is 0 Å². The molecule has 5 nitrogen and oxygen atoms in total. The quantitative estimate of drug-likeness (QED) is 0.715. The second kappa shape index (κ2) is 7.65. The van der Waals surface area contributed by atoms with Gasteiger partial charge < -0.3 is 16.4 Å². The molecule has 4 N–H and O–H groups in total. The number of carbonyl (C=O) groups excluding carboxylic acids is 2. The molecule has 0 heterocycles. The first kappa shape index (κ1) is 16.2. The molecular weight excluding hydrogens is 254 g/mol. The third kappa shape index (κ3) is 4.66. The number of hydrogen-bond acceptors (Lipinski definition) is 3. The Hall–Kier alpha value is -1.88. The molecule has 0 aromatic heterocycles. The van der Waals surface area contributed by atoms with Gasteiger partial charge in [-0.2, -0.15) is 0 Å². The summed E-state index contributed by atoms with van der Waals surface area (Å²) in [6, 6.07) is 6.87. The van der Waals surface area contributed by atoms with E-state index in [1.165, 1.54) is 0 Å². The minimum Gasteiger partial charge on any atom is -0.355 e. The Kier molecular flexibility index (Phi) is 6.18. The number of nitrogens with two attached hydrogens (primary N) is 1. The first-order chi connectivity index (χ1) is 9.45. The van der Waals surface area contributed by atoms with Crippen molar-refractivity contribution in [1.82, 2.24) is 10.6 Å². The normalized spacial score (nSPS) is 12.1. The van der Waals surface area contributed by atoms with Gasteiger partial charge in [-0.3, -0.25) is 9.59 Å². The lowest BCUT2D eigenvalue weighted by molar-refractivity contribution is -0.123. The molecule has 0 aliphatic rings. The summed E-state index contributed by atoms with van der Waals surface area (Å²) >= 11 is 0. The Labute approximate surface area is 119 Å². The average Bonchev–Trinajstić information content (AvgIpc) is 2.45. The fraction of sp³-hybridized carbons (Fsp3) is 0.467. The standard InChI is InChI=1S/C15H23N3O2/c1-10(2)13(16)15(20)18-8-7-11-5-4-6-12(9-11)14(19)17-3/h4-6,9-10,13H,7-8,16H2,1-3H3,(H,17,19)(H,18,20)/t13-/m0/s1. The monoisotopic (exact) mass is 277 g/mol. The smallest absolute Gasteiger partial charge is 0.251 e. The van der Waals surface area contributed by atoms with Gasteiger partial charge >= 0.3 is 0 Å². The van der Waals surface area contributed by atoms with Crippen molar-refractivity contribution >= 4 is 11.8 Å². The Bertz CT molecular complexity index is 472. The summed E-state index contributed by atoms with van der Waals surface area (Å²) in [4.78, 5) is 23.2. The van der Waals surface area contributed by atoms with Gasteiger partial charge in [0.25, 0.3) is 5.91 Å². The van der Waals surface area contributed by atoms with E-state index in [1.807, 2.05) is 32.0 Å². The first-order valence-corrected chi connectivity index (χ1v) is 6.80. The molecule has 1 rings (SSSR count). The van der Waals surface area contributed by atoms with E-state index in [4.69, 9.17) is 5.73 Å². The van der Waals surface area contributed by atoms with E-state index in [0.29, 0.717) is 18.5 Å². The van der Waals surface area contributed by atoms with Gasteiger partial charge in [-0.25, -0.2) is 0 Å². The van der Waals surface area contributed by atoms with Crippen molar-refractivity contribution in [2.24, 2.45) is 11.7 Å². The van der Waals surface area contributed by atoms with Crippen molar-refractivity contribution in [2.45, 2.75) is 26.3 Å². The SMILES string of the molecule is CNC(=O)c1cccc(CCNC(=O)[C@@H](N)C(C)C)c1. The van der Waals surface area contributed by atoms with Gasteiger partial charge in [-0.15, -0.1) is 0 Å². The van der Waals surface area contributed by atoms with Gasteiger partial charge in [0.2, 0.25) is 5.91 Å². The fourth-order valence-electron chi connectivity index (χ4n) is 1.76. The van der Waals surface area contributed by atoms with Crippen LogP contribution in [-0.4, -0.2) is 31.4 Å². The molecule has 0 aliphatic heterocycles. The third-order valence-electron chi connectivity index (χ3n) is 3.15. The van der Waals surface area contributed by atoms with Gasteiger partial charge in [-0.1, -0.05) is 26.0 Å². The number of rotatable bonds is 6. The number of amides is 2. The molecule has 20 heavy (non-hydrogen) atoms. The highest BCUT2D eigenvalue weighted by atomic mass is 16.2. The highest BCUT2D eigenvalue weighted by molar-refractivity contribution is 5.94. The maximum Gasteiger partial charge on any atom is 0.251 e. The molecule has 0 unspecified atom stereocenters. The van der Waals surface area contributed by atoms with Crippen LogP contribution in [0.15, 0.2) is 24.3 Å². The number of carbonyl (C=O) groups is 2. The van der Waals surface area contributed by atoms with Crippen molar-refractivity contribution in [3.8, 4) is 0 Å². The van der Waals surface area contributed by atoms with Crippen LogP contribution < -0.4 is 16.4 Å². The van der Waals surface area contributed by atoms with Crippen molar-refractivity contribution in [1.29, 1.82) is 0 Å². The van der Waals surface area contributed by atoms with Crippen LogP contribution in [0.4, 0.5) is 0 Å². The Morgan fingerprint density at radius 2 is 2.00 bits per heavy atom. The molecular formula is C15H23N3O2. The predicted molar refractivity (Wildman–Crippen MR) is 79.4 cm³/mol. The average molecular weight is 277 g/mol. The van der Waals surface area contributed by atoms with E-state index in [0.717, 1.165) is 5.56 Å².